The molecule has 0 aromatic heterocycles. The van der Waals surface area contributed by atoms with Gasteiger partial charge in [-0.1, -0.05) is 6.07 Å². The van der Waals surface area contributed by atoms with Crippen molar-refractivity contribution in [2.75, 3.05) is 52.7 Å². The van der Waals surface area contributed by atoms with Crippen LogP contribution in [0.1, 0.15) is 37.8 Å². The summed E-state index contributed by atoms with van der Waals surface area (Å²) < 4.78 is 32.8. The highest BCUT2D eigenvalue weighted by atomic mass is 16.7. The molecule has 1 fully saturated rings. The van der Waals surface area contributed by atoms with Crippen LogP contribution in [-0.4, -0.2) is 144 Å². The summed E-state index contributed by atoms with van der Waals surface area (Å²) in [5.41, 5.74) is 5.73. The number of nitrogens with zero attached hydrogens (tertiary/aromatic N) is 1. The van der Waals surface area contributed by atoms with Gasteiger partial charge in [0.1, 0.15) is 36.2 Å². The zero-order chi connectivity index (χ0) is 37.6. The molecule has 1 aromatic carbocycles. The maximum absolute atomic E-state index is 12.3. The van der Waals surface area contributed by atoms with Gasteiger partial charge >= 0.3 is 11.9 Å². The molecular formula is C33H47N3O15. The number of esters is 1. The quantitative estimate of drug-likeness (QED) is 0.0435. The van der Waals surface area contributed by atoms with E-state index in [-0.39, 0.29) is 44.4 Å². The molecule has 1 aromatic rings. The first-order valence-corrected chi connectivity index (χ1v) is 16.4. The first-order chi connectivity index (χ1) is 24.2. The lowest BCUT2D eigenvalue weighted by Crippen LogP contribution is -2.61. The first kappa shape index (κ1) is 41.4. The van der Waals surface area contributed by atoms with Crippen LogP contribution in [0.15, 0.2) is 30.4 Å². The Bertz CT molecular complexity index is 1360. The smallest absolute Gasteiger partial charge is 0.335 e. The van der Waals surface area contributed by atoms with Gasteiger partial charge in [-0.25, -0.2) is 4.79 Å². The van der Waals surface area contributed by atoms with Crippen molar-refractivity contribution in [1.29, 1.82) is 0 Å². The number of carbonyl (C=O) groups excluding carboxylic acids is 4. The van der Waals surface area contributed by atoms with Gasteiger partial charge in [-0.15, -0.1) is 0 Å². The summed E-state index contributed by atoms with van der Waals surface area (Å²) in [4.78, 5) is 59.6. The van der Waals surface area contributed by atoms with E-state index in [2.05, 4.69) is 5.32 Å². The molecule has 284 valence electrons. The average Bonchev–Trinajstić information content (AvgIpc) is 3.40. The predicted molar refractivity (Wildman–Crippen MR) is 174 cm³/mol. The van der Waals surface area contributed by atoms with E-state index in [1.165, 1.54) is 32.1 Å². The van der Waals surface area contributed by atoms with Crippen LogP contribution in [0.3, 0.4) is 0 Å². The molecule has 0 radical (unpaired) electrons. The Morgan fingerprint density at radius 1 is 0.922 bits per heavy atom. The van der Waals surface area contributed by atoms with E-state index in [1.807, 2.05) is 0 Å². The summed E-state index contributed by atoms with van der Waals surface area (Å²) in [6.07, 6.45) is -5.48. The Balaban J connectivity index is 1.33. The van der Waals surface area contributed by atoms with Crippen LogP contribution >= 0.6 is 0 Å². The number of amides is 3. The molecule has 2 aliphatic rings. The minimum absolute atomic E-state index is 0.00882. The van der Waals surface area contributed by atoms with Crippen molar-refractivity contribution in [2.24, 2.45) is 5.73 Å². The summed E-state index contributed by atoms with van der Waals surface area (Å²) in [7, 11) is 0. The molecule has 0 aliphatic carbocycles. The number of aliphatic hydroxyl groups is 3. The highest BCUT2D eigenvalue weighted by Gasteiger charge is 2.48. The number of aliphatic carboxylic acids is 1. The third-order valence-corrected chi connectivity index (χ3v) is 7.60. The number of hydrogen-bond acceptors (Lipinski definition) is 15. The van der Waals surface area contributed by atoms with Crippen molar-refractivity contribution in [1.82, 2.24) is 10.2 Å². The van der Waals surface area contributed by atoms with Gasteiger partial charge in [0.25, 0.3) is 11.8 Å². The normalized spacial score (nSPS) is 21.9. The molecule has 0 unspecified atom stereocenters. The number of hydrogen-bond donors (Lipinski definition) is 6. The van der Waals surface area contributed by atoms with E-state index >= 15 is 0 Å². The number of nitrogens with two attached hydrogens (primary N) is 1. The number of benzene rings is 1. The number of rotatable bonds is 22. The summed E-state index contributed by atoms with van der Waals surface area (Å²) in [6.45, 7) is 4.99. The van der Waals surface area contributed by atoms with Crippen LogP contribution in [0.2, 0.25) is 0 Å². The zero-order valence-electron chi connectivity index (χ0n) is 28.6. The summed E-state index contributed by atoms with van der Waals surface area (Å²) in [5, 5.41) is 42.5. The lowest BCUT2D eigenvalue weighted by atomic mass is 9.99. The van der Waals surface area contributed by atoms with Crippen LogP contribution in [0, 0.1) is 0 Å². The Morgan fingerprint density at radius 3 is 2.18 bits per heavy atom. The van der Waals surface area contributed by atoms with E-state index in [0.717, 1.165) is 10.5 Å². The molecule has 1 saturated heterocycles. The Hall–Kier alpha value is -4.01. The van der Waals surface area contributed by atoms with Crippen molar-refractivity contribution in [3.8, 4) is 5.75 Å². The fourth-order valence-corrected chi connectivity index (χ4v) is 4.76. The third kappa shape index (κ3) is 13.2. The maximum atomic E-state index is 12.3. The monoisotopic (exact) mass is 725 g/mol. The standard InChI is InChI=1S/C33H47N3O15/c1-33(2,34)32(45)49-19-21-18-20(5-6-22(21)50-31-28(42)26(40)27(41)29(51-31)30(43)44)4-3-12-46-14-16-48-17-15-47-13-10-35-23(37)9-11-36-24(38)7-8-25(36)39/h5-8,18,26-29,31,40-42H,3-4,9-17,19,34H2,1-2H3,(H,35,37)(H,43,44)/t26-,27-,28+,29-,31+/m0/s1. The topological polar surface area (TPSA) is 263 Å². The SMILES string of the molecule is CC(C)(N)C(=O)OCc1cc(CCCOCCOCCOCCNC(=O)CCN2C(=O)C=CC2=O)ccc1O[C@@H]1O[C@H](C(=O)O)[C@@H](O)[C@H](O)[C@H]1O. The van der Waals surface area contributed by atoms with Crippen LogP contribution in [0.5, 0.6) is 5.75 Å². The molecule has 2 heterocycles. The van der Waals surface area contributed by atoms with E-state index in [4.69, 9.17) is 34.2 Å². The Morgan fingerprint density at radius 2 is 1.55 bits per heavy atom. The van der Waals surface area contributed by atoms with Crippen molar-refractivity contribution >= 4 is 29.7 Å². The third-order valence-electron chi connectivity index (χ3n) is 7.60. The van der Waals surface area contributed by atoms with Crippen LogP contribution in [0.25, 0.3) is 0 Å². The molecule has 0 bridgehead atoms. The number of carboxylic acid groups (broad SMARTS) is 1. The minimum Gasteiger partial charge on any atom is -0.479 e. The van der Waals surface area contributed by atoms with Crippen molar-refractivity contribution < 1.29 is 72.8 Å². The van der Waals surface area contributed by atoms with Crippen LogP contribution in [0.4, 0.5) is 0 Å². The van der Waals surface area contributed by atoms with Gasteiger partial charge < -0.3 is 59.9 Å². The molecule has 2 aliphatic heterocycles. The van der Waals surface area contributed by atoms with Crippen molar-refractivity contribution in [3.05, 3.63) is 41.5 Å². The predicted octanol–water partition coefficient (Wildman–Crippen LogP) is -1.85. The van der Waals surface area contributed by atoms with Gasteiger partial charge in [0.15, 0.2) is 6.10 Å². The zero-order valence-corrected chi connectivity index (χ0v) is 28.6. The fraction of sp³-hybridized carbons (Fsp3) is 0.606. The molecule has 5 atom stereocenters. The summed E-state index contributed by atoms with van der Waals surface area (Å²) in [5.74, 6) is -3.31. The van der Waals surface area contributed by atoms with E-state index in [1.54, 1.807) is 12.1 Å². The van der Waals surface area contributed by atoms with Crippen LogP contribution < -0.4 is 15.8 Å². The number of imide groups is 1. The lowest BCUT2D eigenvalue weighted by molar-refractivity contribution is -0.271. The number of carbonyl (C=O) groups is 5. The number of aliphatic hydroxyl groups excluding tert-OH is 3. The maximum Gasteiger partial charge on any atom is 0.335 e. The van der Waals surface area contributed by atoms with Gasteiger partial charge in [-0.05, 0) is 44.4 Å². The first-order valence-electron chi connectivity index (χ1n) is 16.4. The number of aryl methyl sites for hydroxylation is 1. The molecule has 51 heavy (non-hydrogen) atoms. The summed E-state index contributed by atoms with van der Waals surface area (Å²) >= 11 is 0. The second-order valence-electron chi connectivity index (χ2n) is 12.3. The average molecular weight is 726 g/mol. The number of nitrogens with one attached hydrogen (secondary N) is 1. The van der Waals surface area contributed by atoms with E-state index < -0.39 is 60.0 Å². The van der Waals surface area contributed by atoms with E-state index in [0.29, 0.717) is 51.4 Å². The molecule has 7 N–H and O–H groups in total. The molecule has 18 nitrogen and oxygen atoms in total. The van der Waals surface area contributed by atoms with Gasteiger partial charge in [-0.3, -0.25) is 24.1 Å². The molecular weight excluding hydrogens is 678 g/mol. The number of ether oxygens (including phenoxy) is 6. The molecule has 0 spiro atoms. The van der Waals surface area contributed by atoms with Gasteiger partial charge in [-0.2, -0.15) is 0 Å². The summed E-state index contributed by atoms with van der Waals surface area (Å²) in [6, 6.07) is 4.94. The Labute approximate surface area is 294 Å². The second kappa shape index (κ2) is 20.1. The molecule has 0 saturated carbocycles. The molecule has 18 heteroatoms. The van der Waals surface area contributed by atoms with Crippen molar-refractivity contribution in [3.63, 3.8) is 0 Å². The Kier molecular flexibility index (Phi) is 16.4. The largest absolute Gasteiger partial charge is 0.479 e. The van der Waals surface area contributed by atoms with Crippen molar-refractivity contribution in [2.45, 2.75) is 76.0 Å². The van der Waals surface area contributed by atoms with Crippen LogP contribution in [-0.2, 0) is 60.7 Å². The minimum atomic E-state index is -1.88. The lowest BCUT2D eigenvalue weighted by Gasteiger charge is -2.38. The highest BCUT2D eigenvalue weighted by Crippen LogP contribution is 2.29. The highest BCUT2D eigenvalue weighted by molar-refractivity contribution is 6.13. The van der Waals surface area contributed by atoms with Gasteiger partial charge in [0, 0.05) is 43.8 Å². The van der Waals surface area contributed by atoms with Gasteiger partial charge in [0.05, 0.1) is 33.0 Å². The molecule has 3 amide bonds. The van der Waals surface area contributed by atoms with Gasteiger partial charge in [0.2, 0.25) is 12.2 Å². The fourth-order valence-electron chi connectivity index (χ4n) is 4.76. The second-order valence-corrected chi connectivity index (χ2v) is 12.3. The van der Waals surface area contributed by atoms with E-state index in [9.17, 15) is 44.4 Å². The molecule has 3 rings (SSSR count). The number of carboxylic acids is 1.